The summed E-state index contributed by atoms with van der Waals surface area (Å²) in [7, 11) is 1.66. The molecule has 1 atom stereocenters. The van der Waals surface area contributed by atoms with Gasteiger partial charge < -0.3 is 24.8 Å². The van der Waals surface area contributed by atoms with Crippen LogP contribution in [0.4, 0.5) is 5.69 Å². The van der Waals surface area contributed by atoms with E-state index < -0.39 is 0 Å². The van der Waals surface area contributed by atoms with Crippen LogP contribution in [-0.2, 0) is 0 Å². The first-order valence-electron chi connectivity index (χ1n) is 10.6. The van der Waals surface area contributed by atoms with Crippen molar-refractivity contribution >= 4 is 23.0 Å². The van der Waals surface area contributed by atoms with Crippen molar-refractivity contribution in [1.82, 2.24) is 5.32 Å². The van der Waals surface area contributed by atoms with Crippen LogP contribution in [-0.4, -0.2) is 23.9 Å². The number of fused-ring (bicyclic) bond motifs is 1. The van der Waals surface area contributed by atoms with Gasteiger partial charge in [0.15, 0.2) is 5.11 Å². The minimum atomic E-state index is -0.300. The number of thiocarbonyl (C=S) groups is 1. The van der Waals surface area contributed by atoms with Crippen LogP contribution in [0, 0.1) is 0 Å². The van der Waals surface area contributed by atoms with Crippen LogP contribution in [0.2, 0.25) is 0 Å². The molecule has 1 unspecified atom stereocenters. The fourth-order valence-corrected chi connectivity index (χ4v) is 4.49. The van der Waals surface area contributed by atoms with E-state index in [0.717, 1.165) is 47.8 Å². The SMILES string of the molecule is COc1ccc2c(c1)OC(C)(C)CC2NC(=S)Nc1ccc(OC2CCCC2)cc1. The summed E-state index contributed by atoms with van der Waals surface area (Å²) in [6.45, 7) is 4.17. The molecule has 0 radical (unpaired) electrons. The zero-order chi connectivity index (χ0) is 21.1. The van der Waals surface area contributed by atoms with Crippen molar-refractivity contribution in [3.63, 3.8) is 0 Å². The molecule has 0 bridgehead atoms. The molecular formula is C24H30N2O3S. The van der Waals surface area contributed by atoms with Gasteiger partial charge in [0.05, 0.1) is 19.3 Å². The lowest BCUT2D eigenvalue weighted by Crippen LogP contribution is -2.42. The van der Waals surface area contributed by atoms with Gasteiger partial charge in [0.25, 0.3) is 0 Å². The molecule has 0 amide bonds. The summed E-state index contributed by atoms with van der Waals surface area (Å²) >= 11 is 5.60. The smallest absolute Gasteiger partial charge is 0.171 e. The lowest BCUT2D eigenvalue weighted by Gasteiger charge is -2.38. The minimum Gasteiger partial charge on any atom is -0.497 e. The predicted octanol–water partition coefficient (Wildman–Crippen LogP) is 5.61. The third-order valence-electron chi connectivity index (χ3n) is 5.70. The molecule has 2 aliphatic rings. The molecule has 1 heterocycles. The average Bonchev–Trinajstić information content (AvgIpc) is 3.21. The summed E-state index contributed by atoms with van der Waals surface area (Å²) in [5, 5.41) is 7.34. The summed E-state index contributed by atoms with van der Waals surface area (Å²) in [6.07, 6.45) is 6.02. The van der Waals surface area contributed by atoms with Crippen LogP contribution >= 0.6 is 12.2 Å². The second kappa shape index (κ2) is 8.72. The molecule has 4 rings (SSSR count). The molecule has 5 nitrogen and oxygen atoms in total. The van der Waals surface area contributed by atoms with Crippen molar-refractivity contribution in [1.29, 1.82) is 0 Å². The van der Waals surface area contributed by atoms with Gasteiger partial charge in [-0.15, -0.1) is 0 Å². The van der Waals surface area contributed by atoms with E-state index in [2.05, 4.69) is 24.5 Å². The molecule has 6 heteroatoms. The summed E-state index contributed by atoms with van der Waals surface area (Å²) in [6, 6.07) is 14.0. The second-order valence-corrected chi connectivity index (χ2v) is 9.08. The number of rotatable bonds is 5. The van der Waals surface area contributed by atoms with Crippen molar-refractivity contribution in [2.45, 2.75) is 63.7 Å². The van der Waals surface area contributed by atoms with Crippen LogP contribution in [0.5, 0.6) is 17.2 Å². The highest BCUT2D eigenvalue weighted by atomic mass is 32.1. The molecule has 1 fully saturated rings. The van der Waals surface area contributed by atoms with Crippen molar-refractivity contribution < 1.29 is 14.2 Å². The summed E-state index contributed by atoms with van der Waals surface area (Å²) in [4.78, 5) is 0. The van der Waals surface area contributed by atoms with Crippen LogP contribution in [0.1, 0.15) is 57.6 Å². The maximum Gasteiger partial charge on any atom is 0.171 e. The maximum atomic E-state index is 6.16. The van der Waals surface area contributed by atoms with Crippen molar-refractivity contribution in [2.75, 3.05) is 12.4 Å². The van der Waals surface area contributed by atoms with E-state index in [1.165, 1.54) is 12.8 Å². The number of ether oxygens (including phenoxy) is 3. The molecule has 2 aromatic rings. The van der Waals surface area contributed by atoms with Gasteiger partial charge in [0.2, 0.25) is 0 Å². The number of benzene rings is 2. The molecule has 1 aliphatic heterocycles. The fourth-order valence-electron chi connectivity index (χ4n) is 4.23. The molecule has 0 aromatic heterocycles. The normalized spacial score (nSPS) is 20.0. The van der Waals surface area contributed by atoms with Crippen molar-refractivity contribution in [3.05, 3.63) is 48.0 Å². The van der Waals surface area contributed by atoms with Gasteiger partial charge in [-0.05, 0) is 88.1 Å². The van der Waals surface area contributed by atoms with Gasteiger partial charge in [-0.2, -0.15) is 0 Å². The Morgan fingerprint density at radius 2 is 1.77 bits per heavy atom. The number of hydrogen-bond donors (Lipinski definition) is 2. The number of hydrogen-bond acceptors (Lipinski definition) is 4. The highest BCUT2D eigenvalue weighted by Gasteiger charge is 2.34. The standard InChI is InChI=1S/C24H30N2O3S/c1-24(2)15-21(20-13-12-19(27-3)14-22(20)29-24)26-23(30)25-16-8-10-18(11-9-16)28-17-6-4-5-7-17/h8-14,17,21H,4-7,15H2,1-3H3,(H2,25,26,30). The van der Waals surface area contributed by atoms with Crippen molar-refractivity contribution in [2.24, 2.45) is 0 Å². The van der Waals surface area contributed by atoms with Gasteiger partial charge in [-0.25, -0.2) is 0 Å². The quantitative estimate of drug-likeness (QED) is 0.607. The van der Waals surface area contributed by atoms with E-state index in [-0.39, 0.29) is 11.6 Å². The first-order chi connectivity index (χ1) is 14.4. The van der Waals surface area contributed by atoms with Gasteiger partial charge in [-0.3, -0.25) is 0 Å². The summed E-state index contributed by atoms with van der Waals surface area (Å²) < 4.78 is 17.5. The molecular weight excluding hydrogens is 396 g/mol. The van der Waals surface area contributed by atoms with E-state index in [1.807, 2.05) is 42.5 Å². The first kappa shape index (κ1) is 20.8. The first-order valence-corrected chi connectivity index (χ1v) is 11.0. The van der Waals surface area contributed by atoms with E-state index >= 15 is 0 Å². The summed E-state index contributed by atoms with van der Waals surface area (Å²) in [5.74, 6) is 2.53. The number of nitrogens with one attached hydrogen (secondary N) is 2. The molecule has 2 N–H and O–H groups in total. The Kier molecular flexibility index (Phi) is 6.04. The highest BCUT2D eigenvalue weighted by Crippen LogP contribution is 2.41. The average molecular weight is 427 g/mol. The van der Waals surface area contributed by atoms with E-state index in [1.54, 1.807) is 7.11 Å². The Labute approximate surface area is 184 Å². The van der Waals surface area contributed by atoms with E-state index in [9.17, 15) is 0 Å². The zero-order valence-electron chi connectivity index (χ0n) is 17.9. The Morgan fingerprint density at radius 3 is 2.47 bits per heavy atom. The third kappa shape index (κ3) is 4.98. The fraction of sp³-hybridized carbons (Fsp3) is 0.458. The largest absolute Gasteiger partial charge is 0.497 e. The molecule has 0 spiro atoms. The number of methoxy groups -OCH3 is 1. The van der Waals surface area contributed by atoms with Gasteiger partial charge in [0.1, 0.15) is 22.8 Å². The summed E-state index contributed by atoms with van der Waals surface area (Å²) in [5.41, 5.74) is 1.72. The van der Waals surface area contributed by atoms with E-state index in [0.29, 0.717) is 11.2 Å². The van der Waals surface area contributed by atoms with Gasteiger partial charge in [-0.1, -0.05) is 0 Å². The second-order valence-electron chi connectivity index (χ2n) is 8.67. The Morgan fingerprint density at radius 1 is 1.07 bits per heavy atom. The van der Waals surface area contributed by atoms with E-state index in [4.69, 9.17) is 26.4 Å². The molecule has 30 heavy (non-hydrogen) atoms. The lowest BCUT2D eigenvalue weighted by atomic mass is 9.89. The van der Waals surface area contributed by atoms with Crippen LogP contribution in [0.3, 0.4) is 0 Å². The predicted molar refractivity (Wildman–Crippen MR) is 124 cm³/mol. The third-order valence-corrected chi connectivity index (χ3v) is 5.92. The van der Waals surface area contributed by atoms with Gasteiger partial charge in [0, 0.05) is 23.7 Å². The molecule has 0 saturated heterocycles. The Balaban J connectivity index is 1.40. The van der Waals surface area contributed by atoms with Crippen LogP contribution in [0.15, 0.2) is 42.5 Å². The maximum absolute atomic E-state index is 6.16. The van der Waals surface area contributed by atoms with Crippen LogP contribution in [0.25, 0.3) is 0 Å². The number of anilines is 1. The highest BCUT2D eigenvalue weighted by molar-refractivity contribution is 7.80. The topological polar surface area (TPSA) is 51.8 Å². The molecule has 1 aliphatic carbocycles. The van der Waals surface area contributed by atoms with Crippen molar-refractivity contribution in [3.8, 4) is 17.2 Å². The lowest BCUT2D eigenvalue weighted by molar-refractivity contribution is 0.0693. The minimum absolute atomic E-state index is 0.0552. The molecule has 160 valence electrons. The Hall–Kier alpha value is -2.47. The molecule has 2 aromatic carbocycles. The van der Waals surface area contributed by atoms with Crippen LogP contribution < -0.4 is 24.8 Å². The Bertz CT molecular complexity index is 892. The van der Waals surface area contributed by atoms with Gasteiger partial charge >= 0.3 is 0 Å². The molecule has 1 saturated carbocycles. The zero-order valence-corrected chi connectivity index (χ0v) is 18.7. The monoisotopic (exact) mass is 426 g/mol.